The predicted molar refractivity (Wildman–Crippen MR) is 74.0 cm³/mol. The average molecular weight is 266 g/mol. The molecule has 1 unspecified atom stereocenters. The van der Waals surface area contributed by atoms with Gasteiger partial charge in [-0.2, -0.15) is 0 Å². The van der Waals surface area contributed by atoms with Crippen molar-refractivity contribution in [2.24, 2.45) is 0 Å². The molecule has 1 N–H and O–H groups in total. The minimum Gasteiger partial charge on any atom is -0.472 e. The second kappa shape index (κ2) is 4.61. The van der Waals surface area contributed by atoms with Crippen LogP contribution in [0, 0.1) is 0 Å². The van der Waals surface area contributed by atoms with E-state index in [-0.39, 0.29) is 6.04 Å². The van der Waals surface area contributed by atoms with Gasteiger partial charge in [0, 0.05) is 13.1 Å². The van der Waals surface area contributed by atoms with Crippen LogP contribution in [0.3, 0.4) is 0 Å². The molecular weight excluding hydrogens is 252 g/mol. The molecule has 0 fully saturated rings. The van der Waals surface area contributed by atoms with E-state index in [9.17, 15) is 0 Å². The van der Waals surface area contributed by atoms with Gasteiger partial charge in [0.05, 0.1) is 17.9 Å². The molecule has 3 heterocycles. The Morgan fingerprint density at radius 2 is 2.05 bits per heavy atom. The summed E-state index contributed by atoms with van der Waals surface area (Å²) < 4.78 is 7.31. The summed E-state index contributed by atoms with van der Waals surface area (Å²) >= 11 is 0. The third-order valence-corrected chi connectivity index (χ3v) is 3.63. The Hall–Kier alpha value is -2.40. The van der Waals surface area contributed by atoms with Gasteiger partial charge >= 0.3 is 0 Å². The van der Waals surface area contributed by atoms with Gasteiger partial charge < -0.3 is 14.3 Å². The second-order valence-corrected chi connectivity index (χ2v) is 4.84. The molecule has 100 valence electrons. The fraction of sp³-hybridized carbons (Fsp3) is 0.200. The standard InChI is InChI=1S/C15H14N4O/c1-2-4-11(5-3-1)13-15-18-17-14(12-6-9-20-10-12)19(15)8-7-16-13/h1-6,9-10,13,16H,7-8H2. The molecule has 1 atom stereocenters. The monoisotopic (exact) mass is 266 g/mol. The van der Waals surface area contributed by atoms with Crippen LogP contribution in [0.25, 0.3) is 11.4 Å². The first-order chi connectivity index (χ1) is 9.93. The Morgan fingerprint density at radius 3 is 2.85 bits per heavy atom. The number of nitrogens with one attached hydrogen (secondary N) is 1. The molecule has 5 heteroatoms. The molecule has 0 saturated carbocycles. The van der Waals surface area contributed by atoms with Crippen LogP contribution in [0.1, 0.15) is 17.4 Å². The smallest absolute Gasteiger partial charge is 0.167 e. The molecule has 4 rings (SSSR count). The summed E-state index contributed by atoms with van der Waals surface area (Å²) in [6.07, 6.45) is 3.36. The van der Waals surface area contributed by atoms with Crippen molar-refractivity contribution in [2.75, 3.05) is 6.54 Å². The highest BCUT2D eigenvalue weighted by atomic mass is 16.3. The number of hydrogen-bond acceptors (Lipinski definition) is 4. The molecule has 1 aliphatic rings. The molecule has 0 radical (unpaired) electrons. The Morgan fingerprint density at radius 1 is 1.15 bits per heavy atom. The first-order valence-corrected chi connectivity index (χ1v) is 6.67. The van der Waals surface area contributed by atoms with E-state index < -0.39 is 0 Å². The SMILES string of the molecule is c1ccc(C2NCCn3c(-c4ccoc4)nnc32)cc1. The number of hydrogen-bond donors (Lipinski definition) is 1. The quantitative estimate of drug-likeness (QED) is 0.772. The van der Waals surface area contributed by atoms with E-state index in [0.717, 1.165) is 30.3 Å². The van der Waals surface area contributed by atoms with Gasteiger partial charge in [0.25, 0.3) is 0 Å². The first-order valence-electron chi connectivity index (χ1n) is 6.67. The molecule has 0 amide bonds. The maximum Gasteiger partial charge on any atom is 0.167 e. The van der Waals surface area contributed by atoms with E-state index >= 15 is 0 Å². The van der Waals surface area contributed by atoms with E-state index in [1.54, 1.807) is 12.5 Å². The molecule has 0 spiro atoms. The summed E-state index contributed by atoms with van der Waals surface area (Å²) in [7, 11) is 0. The second-order valence-electron chi connectivity index (χ2n) is 4.84. The van der Waals surface area contributed by atoms with Gasteiger partial charge in [0.2, 0.25) is 0 Å². The number of rotatable bonds is 2. The minimum absolute atomic E-state index is 0.0955. The molecule has 0 bridgehead atoms. The van der Waals surface area contributed by atoms with Crippen LogP contribution < -0.4 is 5.32 Å². The average Bonchev–Trinajstić information content (AvgIpc) is 3.16. The van der Waals surface area contributed by atoms with Crippen molar-refractivity contribution in [1.29, 1.82) is 0 Å². The summed E-state index contributed by atoms with van der Waals surface area (Å²) in [5, 5.41) is 12.2. The first kappa shape index (κ1) is 11.4. The van der Waals surface area contributed by atoms with E-state index in [2.05, 4.69) is 32.2 Å². The van der Waals surface area contributed by atoms with Crippen LogP contribution in [-0.4, -0.2) is 21.3 Å². The maximum absolute atomic E-state index is 5.14. The molecule has 20 heavy (non-hydrogen) atoms. The van der Waals surface area contributed by atoms with E-state index in [0.29, 0.717) is 0 Å². The number of benzene rings is 1. The van der Waals surface area contributed by atoms with Crippen molar-refractivity contribution in [1.82, 2.24) is 20.1 Å². The van der Waals surface area contributed by atoms with Crippen molar-refractivity contribution in [3.63, 3.8) is 0 Å². The summed E-state index contributed by atoms with van der Waals surface area (Å²) in [4.78, 5) is 0. The van der Waals surface area contributed by atoms with Crippen molar-refractivity contribution in [2.45, 2.75) is 12.6 Å². The fourth-order valence-corrected chi connectivity index (χ4v) is 2.68. The Labute approximate surface area is 116 Å². The van der Waals surface area contributed by atoms with Gasteiger partial charge in [-0.3, -0.25) is 0 Å². The Kier molecular flexibility index (Phi) is 2.63. The van der Waals surface area contributed by atoms with Gasteiger partial charge in [-0.1, -0.05) is 30.3 Å². The lowest BCUT2D eigenvalue weighted by molar-refractivity contribution is 0.458. The number of aromatic nitrogens is 3. The lowest BCUT2D eigenvalue weighted by Crippen LogP contribution is -2.34. The molecule has 0 saturated heterocycles. The Bertz CT molecular complexity index is 703. The van der Waals surface area contributed by atoms with Gasteiger partial charge in [-0.25, -0.2) is 0 Å². The normalized spacial score (nSPS) is 17.9. The van der Waals surface area contributed by atoms with Gasteiger partial charge in [-0.05, 0) is 11.6 Å². The van der Waals surface area contributed by atoms with Crippen LogP contribution >= 0.6 is 0 Å². The summed E-state index contributed by atoms with van der Waals surface area (Å²) in [6.45, 7) is 1.77. The molecule has 0 aliphatic carbocycles. The molecule has 5 nitrogen and oxygen atoms in total. The minimum atomic E-state index is 0.0955. The summed E-state index contributed by atoms with van der Waals surface area (Å²) in [5.41, 5.74) is 2.18. The lowest BCUT2D eigenvalue weighted by Gasteiger charge is -2.25. The van der Waals surface area contributed by atoms with E-state index in [4.69, 9.17) is 4.42 Å². The van der Waals surface area contributed by atoms with Gasteiger partial charge in [-0.15, -0.1) is 10.2 Å². The predicted octanol–water partition coefficient (Wildman–Crippen LogP) is 2.23. The van der Waals surface area contributed by atoms with Crippen LogP contribution in [0.5, 0.6) is 0 Å². The van der Waals surface area contributed by atoms with Gasteiger partial charge in [0.1, 0.15) is 6.26 Å². The largest absolute Gasteiger partial charge is 0.472 e. The summed E-state index contributed by atoms with van der Waals surface area (Å²) in [6, 6.07) is 12.3. The van der Waals surface area contributed by atoms with Crippen molar-refractivity contribution < 1.29 is 4.42 Å². The van der Waals surface area contributed by atoms with Gasteiger partial charge in [0.15, 0.2) is 11.6 Å². The van der Waals surface area contributed by atoms with Crippen molar-refractivity contribution in [3.8, 4) is 11.4 Å². The lowest BCUT2D eigenvalue weighted by atomic mass is 10.0. The number of fused-ring (bicyclic) bond motifs is 1. The van der Waals surface area contributed by atoms with Crippen molar-refractivity contribution >= 4 is 0 Å². The van der Waals surface area contributed by atoms with Crippen LogP contribution in [0.15, 0.2) is 53.3 Å². The van der Waals surface area contributed by atoms with Crippen LogP contribution in [0.4, 0.5) is 0 Å². The molecular formula is C15H14N4O. The molecule has 3 aromatic rings. The van der Waals surface area contributed by atoms with E-state index in [1.165, 1.54) is 5.56 Å². The Balaban J connectivity index is 1.80. The topological polar surface area (TPSA) is 55.9 Å². The zero-order valence-electron chi connectivity index (χ0n) is 10.9. The third-order valence-electron chi connectivity index (χ3n) is 3.63. The molecule has 1 aliphatic heterocycles. The summed E-state index contributed by atoms with van der Waals surface area (Å²) in [5.74, 6) is 1.83. The number of nitrogens with zero attached hydrogens (tertiary/aromatic N) is 3. The number of furan rings is 1. The highest BCUT2D eigenvalue weighted by Gasteiger charge is 2.26. The highest BCUT2D eigenvalue weighted by molar-refractivity contribution is 5.53. The van der Waals surface area contributed by atoms with Crippen LogP contribution in [0.2, 0.25) is 0 Å². The van der Waals surface area contributed by atoms with Crippen LogP contribution in [-0.2, 0) is 6.54 Å². The van der Waals surface area contributed by atoms with Crippen molar-refractivity contribution in [3.05, 3.63) is 60.3 Å². The highest BCUT2D eigenvalue weighted by Crippen LogP contribution is 2.27. The molecule has 1 aromatic carbocycles. The zero-order chi connectivity index (χ0) is 13.4. The van der Waals surface area contributed by atoms with E-state index in [1.807, 2.05) is 24.3 Å². The maximum atomic E-state index is 5.14. The molecule has 2 aromatic heterocycles. The third kappa shape index (κ3) is 1.75. The fourth-order valence-electron chi connectivity index (χ4n) is 2.68. The zero-order valence-corrected chi connectivity index (χ0v) is 10.9.